The van der Waals surface area contributed by atoms with Crippen LogP contribution in [0.5, 0.6) is 0 Å². The van der Waals surface area contributed by atoms with Gasteiger partial charge in [-0.15, -0.1) is 10.2 Å². The predicted octanol–water partition coefficient (Wildman–Crippen LogP) is 0.755. The van der Waals surface area contributed by atoms with Crippen LogP contribution in [-0.4, -0.2) is 39.0 Å². The molecule has 0 spiro atoms. The number of rotatable bonds is 3. The van der Waals surface area contributed by atoms with Crippen LogP contribution >= 0.6 is 0 Å². The van der Waals surface area contributed by atoms with E-state index < -0.39 is 10.0 Å². The van der Waals surface area contributed by atoms with Crippen LogP contribution in [0.3, 0.4) is 0 Å². The summed E-state index contributed by atoms with van der Waals surface area (Å²) in [6.07, 6.45) is 3.81. The van der Waals surface area contributed by atoms with Crippen molar-refractivity contribution in [3.05, 3.63) is 36.0 Å². The number of pyridine rings is 1. The first-order valence-corrected chi connectivity index (χ1v) is 8.43. The van der Waals surface area contributed by atoms with Crippen LogP contribution in [0, 0.1) is 0 Å². The van der Waals surface area contributed by atoms with Crippen LogP contribution in [0.2, 0.25) is 0 Å². The molecule has 0 radical (unpaired) electrons. The molecule has 0 unspecified atom stereocenters. The number of hydrogen-bond donors (Lipinski definition) is 0. The smallest absolute Gasteiger partial charge is 0.260 e. The van der Waals surface area contributed by atoms with Gasteiger partial charge in [0.1, 0.15) is 11.6 Å². The minimum atomic E-state index is -3.56. The van der Waals surface area contributed by atoms with Gasteiger partial charge >= 0.3 is 0 Å². The van der Waals surface area contributed by atoms with E-state index in [1.54, 1.807) is 12.1 Å². The summed E-state index contributed by atoms with van der Waals surface area (Å²) in [5.74, 6) is 2.26. The second-order valence-electron chi connectivity index (χ2n) is 5.41. The third-order valence-electron chi connectivity index (χ3n) is 3.93. The van der Waals surface area contributed by atoms with Gasteiger partial charge in [-0.25, -0.2) is 13.4 Å². The zero-order valence-corrected chi connectivity index (χ0v) is 12.2. The molecule has 0 aromatic carbocycles. The number of hydrogen-bond acceptors (Lipinski definition) is 5. The van der Waals surface area contributed by atoms with E-state index >= 15 is 0 Å². The van der Waals surface area contributed by atoms with Crippen molar-refractivity contribution in [3.63, 3.8) is 0 Å². The monoisotopic (exact) mass is 305 g/mol. The standard InChI is InChI=1S/C13H15N5O2S/c19-21(20,12-3-1-2-6-14-12)17-7-8-18-11(9-17)15-16-13(18)10-4-5-10/h1-3,6,10H,4-5,7-9H2. The molecule has 1 aliphatic carbocycles. The highest BCUT2D eigenvalue weighted by Crippen LogP contribution is 2.39. The van der Waals surface area contributed by atoms with Crippen LogP contribution in [0.4, 0.5) is 0 Å². The molecular formula is C13H15N5O2S. The van der Waals surface area contributed by atoms with Crippen molar-refractivity contribution in [3.8, 4) is 0 Å². The lowest BCUT2D eigenvalue weighted by molar-refractivity contribution is 0.331. The Labute approximate surface area is 122 Å². The molecule has 1 aliphatic heterocycles. The summed E-state index contributed by atoms with van der Waals surface area (Å²) >= 11 is 0. The van der Waals surface area contributed by atoms with Crippen LogP contribution in [0.1, 0.15) is 30.4 Å². The summed E-state index contributed by atoms with van der Waals surface area (Å²) in [6.45, 7) is 1.31. The van der Waals surface area contributed by atoms with E-state index in [9.17, 15) is 8.42 Å². The molecule has 0 atom stereocenters. The summed E-state index contributed by atoms with van der Waals surface area (Å²) in [5, 5.41) is 8.47. The van der Waals surface area contributed by atoms with Crippen molar-refractivity contribution < 1.29 is 8.42 Å². The van der Waals surface area contributed by atoms with Crippen molar-refractivity contribution in [1.82, 2.24) is 24.1 Å². The molecule has 7 nitrogen and oxygen atoms in total. The highest BCUT2D eigenvalue weighted by atomic mass is 32.2. The minimum absolute atomic E-state index is 0.0837. The topological polar surface area (TPSA) is 81.0 Å². The van der Waals surface area contributed by atoms with Gasteiger partial charge in [0.05, 0.1) is 6.54 Å². The molecule has 2 aromatic heterocycles. The second-order valence-corrected chi connectivity index (χ2v) is 7.29. The van der Waals surface area contributed by atoms with Gasteiger partial charge in [0.2, 0.25) is 0 Å². The Morgan fingerprint density at radius 1 is 1.14 bits per heavy atom. The molecule has 8 heteroatoms. The molecular weight excluding hydrogens is 290 g/mol. The predicted molar refractivity (Wildman–Crippen MR) is 73.8 cm³/mol. The van der Waals surface area contributed by atoms with Gasteiger partial charge in [0.15, 0.2) is 5.03 Å². The van der Waals surface area contributed by atoms with E-state index in [0.29, 0.717) is 19.0 Å². The third-order valence-corrected chi connectivity index (χ3v) is 5.69. The van der Waals surface area contributed by atoms with Crippen molar-refractivity contribution in [2.24, 2.45) is 0 Å². The van der Waals surface area contributed by atoms with E-state index in [2.05, 4.69) is 19.7 Å². The van der Waals surface area contributed by atoms with E-state index in [1.807, 2.05) is 0 Å². The molecule has 21 heavy (non-hydrogen) atoms. The van der Waals surface area contributed by atoms with Gasteiger partial charge in [-0.05, 0) is 25.0 Å². The fourth-order valence-electron chi connectivity index (χ4n) is 2.64. The van der Waals surface area contributed by atoms with E-state index in [1.165, 1.54) is 16.6 Å². The molecule has 0 amide bonds. The maximum atomic E-state index is 12.6. The van der Waals surface area contributed by atoms with Crippen molar-refractivity contribution in [2.45, 2.75) is 36.9 Å². The molecule has 1 saturated carbocycles. The zero-order chi connectivity index (χ0) is 14.4. The first-order chi connectivity index (χ1) is 10.2. The second kappa shape index (κ2) is 4.60. The Morgan fingerprint density at radius 2 is 2.00 bits per heavy atom. The highest BCUT2D eigenvalue weighted by Gasteiger charge is 2.35. The Morgan fingerprint density at radius 3 is 2.71 bits per heavy atom. The summed E-state index contributed by atoms with van der Waals surface area (Å²) in [6, 6.07) is 4.90. The number of sulfonamides is 1. The van der Waals surface area contributed by atoms with Crippen molar-refractivity contribution in [1.29, 1.82) is 0 Å². The molecule has 0 saturated heterocycles. The highest BCUT2D eigenvalue weighted by molar-refractivity contribution is 7.89. The van der Waals surface area contributed by atoms with Gasteiger partial charge in [-0.3, -0.25) is 0 Å². The lowest BCUT2D eigenvalue weighted by Crippen LogP contribution is -2.39. The third kappa shape index (κ3) is 2.14. The minimum Gasteiger partial charge on any atom is -0.312 e. The Hall–Kier alpha value is -1.80. The molecule has 0 bridgehead atoms. The number of aromatic nitrogens is 4. The van der Waals surface area contributed by atoms with Crippen LogP contribution in [-0.2, 0) is 23.1 Å². The average Bonchev–Trinajstić information content (AvgIpc) is 3.27. The summed E-state index contributed by atoms with van der Waals surface area (Å²) < 4.78 is 28.6. The maximum Gasteiger partial charge on any atom is 0.260 e. The van der Waals surface area contributed by atoms with Gasteiger partial charge in [-0.2, -0.15) is 4.31 Å². The molecule has 110 valence electrons. The zero-order valence-electron chi connectivity index (χ0n) is 11.4. The Bertz CT molecular complexity index is 767. The quantitative estimate of drug-likeness (QED) is 0.836. The maximum absolute atomic E-state index is 12.6. The van der Waals surface area contributed by atoms with E-state index in [4.69, 9.17) is 0 Å². The van der Waals surface area contributed by atoms with Gasteiger partial charge in [0, 0.05) is 25.2 Å². The summed E-state index contributed by atoms with van der Waals surface area (Å²) in [7, 11) is -3.56. The lowest BCUT2D eigenvalue weighted by atomic mass is 10.3. The van der Waals surface area contributed by atoms with Gasteiger partial charge < -0.3 is 4.57 Å². The fourth-order valence-corrected chi connectivity index (χ4v) is 3.96. The number of nitrogens with zero attached hydrogens (tertiary/aromatic N) is 5. The molecule has 3 heterocycles. The molecule has 4 rings (SSSR count). The van der Waals surface area contributed by atoms with Crippen LogP contribution < -0.4 is 0 Å². The lowest BCUT2D eigenvalue weighted by Gasteiger charge is -2.26. The number of fused-ring (bicyclic) bond motifs is 1. The summed E-state index contributed by atoms with van der Waals surface area (Å²) in [4.78, 5) is 3.95. The molecule has 0 N–H and O–H groups in total. The average molecular weight is 305 g/mol. The Kier molecular flexibility index (Phi) is 2.83. The molecule has 2 aliphatic rings. The SMILES string of the molecule is O=S(=O)(c1ccccn1)N1CCn2c(nnc2C2CC2)C1. The fraction of sp³-hybridized carbons (Fsp3) is 0.462. The van der Waals surface area contributed by atoms with Gasteiger partial charge in [-0.1, -0.05) is 6.07 Å². The molecule has 2 aromatic rings. The normalized spacial score (nSPS) is 19.4. The Balaban J connectivity index is 1.63. The first kappa shape index (κ1) is 12.9. The van der Waals surface area contributed by atoms with Crippen LogP contribution in [0.25, 0.3) is 0 Å². The van der Waals surface area contributed by atoms with Gasteiger partial charge in [0.25, 0.3) is 10.0 Å². The first-order valence-electron chi connectivity index (χ1n) is 6.99. The van der Waals surface area contributed by atoms with E-state index in [0.717, 1.165) is 24.5 Å². The summed E-state index contributed by atoms with van der Waals surface area (Å²) in [5.41, 5.74) is 0. The van der Waals surface area contributed by atoms with Crippen molar-refractivity contribution >= 4 is 10.0 Å². The van der Waals surface area contributed by atoms with E-state index in [-0.39, 0.29) is 11.6 Å². The molecule has 1 fully saturated rings. The van der Waals surface area contributed by atoms with Crippen LogP contribution in [0.15, 0.2) is 29.4 Å². The largest absolute Gasteiger partial charge is 0.312 e. The van der Waals surface area contributed by atoms with Crippen molar-refractivity contribution in [2.75, 3.05) is 6.54 Å².